The summed E-state index contributed by atoms with van der Waals surface area (Å²) < 4.78 is 1.62. The van der Waals surface area contributed by atoms with E-state index in [1.807, 2.05) is 0 Å². The van der Waals surface area contributed by atoms with Gasteiger partial charge in [0.25, 0.3) is 5.91 Å². The van der Waals surface area contributed by atoms with E-state index >= 15 is 0 Å². The largest absolute Gasteiger partial charge is 0.319 e. The molecular formula is C24H16Cl3N3O2. The summed E-state index contributed by atoms with van der Waals surface area (Å²) in [5.74, 6) is -0.685. The van der Waals surface area contributed by atoms with Gasteiger partial charge in [0.2, 0.25) is 0 Å². The Balaban J connectivity index is 1.53. The van der Waals surface area contributed by atoms with Crippen LogP contribution < -0.4 is 5.32 Å². The lowest BCUT2D eigenvalue weighted by molar-refractivity contribution is 0.0996. The Kier molecular flexibility index (Phi) is 6.61. The molecule has 0 radical (unpaired) electrons. The van der Waals surface area contributed by atoms with Crippen LogP contribution in [0, 0.1) is 0 Å². The van der Waals surface area contributed by atoms with Crippen molar-refractivity contribution in [2.45, 2.75) is 6.54 Å². The lowest BCUT2D eigenvalue weighted by Gasteiger charge is -2.09. The summed E-state index contributed by atoms with van der Waals surface area (Å²) in [6.07, 6.45) is 3.19. The molecule has 0 aliphatic carbocycles. The van der Waals surface area contributed by atoms with Crippen LogP contribution in [0.4, 0.5) is 5.69 Å². The molecule has 1 aromatic heterocycles. The molecule has 0 unspecified atom stereocenters. The minimum Gasteiger partial charge on any atom is -0.319 e. The Labute approximate surface area is 199 Å². The number of hydrogen-bond acceptors (Lipinski definition) is 3. The van der Waals surface area contributed by atoms with Gasteiger partial charge >= 0.3 is 0 Å². The molecule has 0 aliphatic heterocycles. The van der Waals surface area contributed by atoms with Crippen molar-refractivity contribution in [1.29, 1.82) is 0 Å². The molecule has 160 valence electrons. The fourth-order valence-electron chi connectivity index (χ4n) is 3.19. The Bertz CT molecular complexity index is 1280. The van der Waals surface area contributed by atoms with Gasteiger partial charge < -0.3 is 5.32 Å². The van der Waals surface area contributed by atoms with E-state index in [4.69, 9.17) is 34.8 Å². The summed E-state index contributed by atoms with van der Waals surface area (Å²) in [7, 11) is 0. The van der Waals surface area contributed by atoms with Gasteiger partial charge in [0.1, 0.15) is 0 Å². The number of ketones is 1. The number of benzene rings is 3. The SMILES string of the molecule is O=C(Nc1cnn(Cc2c(Cl)cccc2Cl)c1)c1ccccc1C(=O)c1ccc(Cl)cc1. The third-order valence-electron chi connectivity index (χ3n) is 4.80. The van der Waals surface area contributed by atoms with Crippen molar-refractivity contribution in [1.82, 2.24) is 9.78 Å². The van der Waals surface area contributed by atoms with Crippen LogP contribution in [0.5, 0.6) is 0 Å². The maximum Gasteiger partial charge on any atom is 0.256 e. The van der Waals surface area contributed by atoms with Gasteiger partial charge in [-0.05, 0) is 42.5 Å². The van der Waals surface area contributed by atoms with E-state index in [1.54, 1.807) is 77.6 Å². The van der Waals surface area contributed by atoms with Crippen LogP contribution >= 0.6 is 34.8 Å². The molecule has 0 saturated carbocycles. The van der Waals surface area contributed by atoms with Crippen molar-refractivity contribution < 1.29 is 9.59 Å². The minimum absolute atomic E-state index is 0.259. The summed E-state index contributed by atoms with van der Waals surface area (Å²) in [4.78, 5) is 25.9. The van der Waals surface area contributed by atoms with Crippen molar-refractivity contribution in [3.63, 3.8) is 0 Å². The van der Waals surface area contributed by atoms with E-state index in [1.165, 1.54) is 6.20 Å². The quantitative estimate of drug-likeness (QED) is 0.323. The van der Waals surface area contributed by atoms with E-state index in [0.717, 1.165) is 5.56 Å². The Morgan fingerprint density at radius 1 is 0.844 bits per heavy atom. The molecule has 5 nitrogen and oxygen atoms in total. The summed E-state index contributed by atoms with van der Waals surface area (Å²) in [6.45, 7) is 0.347. The van der Waals surface area contributed by atoms with Crippen LogP contribution in [-0.4, -0.2) is 21.5 Å². The van der Waals surface area contributed by atoms with Gasteiger partial charge in [0, 0.05) is 38.0 Å². The van der Waals surface area contributed by atoms with E-state index in [0.29, 0.717) is 38.4 Å². The fraction of sp³-hybridized carbons (Fsp3) is 0.0417. The van der Waals surface area contributed by atoms with E-state index < -0.39 is 5.91 Å². The average Bonchev–Trinajstić information content (AvgIpc) is 3.23. The molecule has 0 fully saturated rings. The van der Waals surface area contributed by atoms with Crippen LogP contribution in [0.1, 0.15) is 31.8 Å². The molecule has 8 heteroatoms. The van der Waals surface area contributed by atoms with Gasteiger partial charge in [-0.2, -0.15) is 5.10 Å². The third-order valence-corrected chi connectivity index (χ3v) is 5.76. The smallest absolute Gasteiger partial charge is 0.256 e. The zero-order chi connectivity index (χ0) is 22.7. The second kappa shape index (κ2) is 9.57. The molecule has 1 heterocycles. The van der Waals surface area contributed by atoms with Crippen LogP contribution in [0.25, 0.3) is 0 Å². The molecule has 32 heavy (non-hydrogen) atoms. The topological polar surface area (TPSA) is 64.0 Å². The van der Waals surface area contributed by atoms with Crippen molar-refractivity contribution in [3.05, 3.63) is 116 Å². The van der Waals surface area contributed by atoms with Gasteiger partial charge in [-0.15, -0.1) is 0 Å². The Morgan fingerprint density at radius 2 is 1.50 bits per heavy atom. The Morgan fingerprint density at radius 3 is 2.19 bits per heavy atom. The summed E-state index contributed by atoms with van der Waals surface area (Å²) in [6, 6.07) is 18.4. The van der Waals surface area contributed by atoms with Crippen molar-refractivity contribution in [2.24, 2.45) is 0 Å². The second-order valence-electron chi connectivity index (χ2n) is 6.96. The number of rotatable bonds is 6. The number of aromatic nitrogens is 2. The van der Waals surface area contributed by atoms with Gasteiger partial charge in [-0.3, -0.25) is 14.3 Å². The standard InChI is InChI=1S/C24H16Cl3N3O2/c25-16-10-8-15(9-11-16)23(31)18-4-1-2-5-19(18)24(32)29-17-12-28-30(13-17)14-20-21(26)6-3-7-22(20)27/h1-13H,14H2,(H,29,32). The minimum atomic E-state index is -0.418. The van der Waals surface area contributed by atoms with E-state index in [2.05, 4.69) is 10.4 Å². The molecule has 0 atom stereocenters. The molecule has 0 saturated heterocycles. The number of anilines is 1. The second-order valence-corrected chi connectivity index (χ2v) is 8.21. The molecule has 0 aliphatic rings. The van der Waals surface area contributed by atoms with E-state index in [-0.39, 0.29) is 11.3 Å². The van der Waals surface area contributed by atoms with Crippen molar-refractivity contribution in [3.8, 4) is 0 Å². The maximum atomic E-state index is 12.9. The monoisotopic (exact) mass is 483 g/mol. The van der Waals surface area contributed by atoms with Crippen LogP contribution in [0.2, 0.25) is 15.1 Å². The lowest BCUT2D eigenvalue weighted by atomic mass is 9.98. The highest BCUT2D eigenvalue weighted by atomic mass is 35.5. The van der Waals surface area contributed by atoms with Crippen LogP contribution in [0.3, 0.4) is 0 Å². The van der Waals surface area contributed by atoms with E-state index in [9.17, 15) is 9.59 Å². The van der Waals surface area contributed by atoms with Gasteiger partial charge in [0.15, 0.2) is 5.78 Å². The fourth-order valence-corrected chi connectivity index (χ4v) is 3.84. The van der Waals surface area contributed by atoms with Gasteiger partial charge in [-0.1, -0.05) is 59.1 Å². The molecule has 1 amide bonds. The molecule has 0 bridgehead atoms. The zero-order valence-electron chi connectivity index (χ0n) is 16.6. The normalized spacial score (nSPS) is 10.7. The highest BCUT2D eigenvalue weighted by Crippen LogP contribution is 2.25. The number of hydrogen-bond donors (Lipinski definition) is 1. The predicted octanol–water partition coefficient (Wildman–Crippen LogP) is 6.37. The first-order valence-corrected chi connectivity index (χ1v) is 10.7. The van der Waals surface area contributed by atoms with Gasteiger partial charge in [0.05, 0.1) is 24.0 Å². The first kappa shape index (κ1) is 22.1. The molecule has 4 rings (SSSR count). The highest BCUT2D eigenvalue weighted by Gasteiger charge is 2.19. The average molecular weight is 485 g/mol. The molecule has 0 spiro atoms. The summed E-state index contributed by atoms with van der Waals surface area (Å²) >= 11 is 18.4. The maximum absolute atomic E-state index is 12.9. The number of amides is 1. The molecular weight excluding hydrogens is 469 g/mol. The van der Waals surface area contributed by atoms with Gasteiger partial charge in [-0.25, -0.2) is 0 Å². The van der Waals surface area contributed by atoms with Crippen LogP contribution in [-0.2, 0) is 6.54 Å². The Hall–Kier alpha value is -3.12. The summed E-state index contributed by atoms with van der Waals surface area (Å²) in [5.41, 5.74) is 2.21. The first-order chi connectivity index (χ1) is 15.4. The number of nitrogens with zero attached hydrogens (tertiary/aromatic N) is 2. The van der Waals surface area contributed by atoms with Crippen LogP contribution in [0.15, 0.2) is 79.1 Å². The van der Waals surface area contributed by atoms with Crippen molar-refractivity contribution in [2.75, 3.05) is 5.32 Å². The molecule has 1 N–H and O–H groups in total. The number of halogens is 3. The number of carbonyl (C=O) groups excluding carboxylic acids is 2. The highest BCUT2D eigenvalue weighted by molar-refractivity contribution is 6.36. The van der Waals surface area contributed by atoms with Crippen molar-refractivity contribution >= 4 is 52.2 Å². The number of nitrogens with one attached hydrogen (secondary N) is 1. The lowest BCUT2D eigenvalue weighted by Crippen LogP contribution is -2.16. The number of carbonyl (C=O) groups is 2. The predicted molar refractivity (Wildman–Crippen MR) is 127 cm³/mol. The summed E-state index contributed by atoms with van der Waals surface area (Å²) in [5, 5.41) is 8.65. The third kappa shape index (κ3) is 4.86. The molecule has 3 aromatic carbocycles. The zero-order valence-corrected chi connectivity index (χ0v) is 18.8. The molecule has 4 aromatic rings. The first-order valence-electron chi connectivity index (χ1n) is 9.58.